The Morgan fingerprint density at radius 2 is 1.73 bits per heavy atom. The summed E-state index contributed by atoms with van der Waals surface area (Å²) in [5.41, 5.74) is 1.81. The molecule has 0 saturated carbocycles. The predicted molar refractivity (Wildman–Crippen MR) is 101 cm³/mol. The van der Waals surface area contributed by atoms with Crippen molar-refractivity contribution in [3.63, 3.8) is 0 Å². The van der Waals surface area contributed by atoms with Crippen LogP contribution >= 0.6 is 34.8 Å². The molecule has 2 aromatic carbocycles. The van der Waals surface area contributed by atoms with Crippen LogP contribution in [0.15, 0.2) is 53.6 Å². The fraction of sp³-hybridized carbons (Fsp3) is 0.0588. The van der Waals surface area contributed by atoms with E-state index in [2.05, 4.69) is 15.3 Å². The average molecular weight is 407 g/mol. The third kappa shape index (κ3) is 3.07. The minimum Gasteiger partial charge on any atom is -0.293 e. The van der Waals surface area contributed by atoms with Crippen molar-refractivity contribution in [2.24, 2.45) is 0 Å². The smallest absolute Gasteiger partial charge is 0.283 e. The van der Waals surface area contributed by atoms with Crippen LogP contribution in [0.5, 0.6) is 0 Å². The zero-order valence-corrected chi connectivity index (χ0v) is 15.4. The molecule has 0 amide bonds. The Balaban J connectivity index is 1.75. The molecule has 0 atom stereocenters. The first kappa shape index (κ1) is 17.0. The molecule has 0 aliphatic carbocycles. The number of benzene rings is 2. The first-order valence-electron chi connectivity index (χ1n) is 7.53. The molecule has 0 fully saturated rings. The molecule has 0 N–H and O–H groups in total. The molecule has 0 bridgehead atoms. The van der Waals surface area contributed by atoms with Crippen LogP contribution in [-0.2, 0) is 6.54 Å². The molecule has 4 rings (SSSR count). The summed E-state index contributed by atoms with van der Waals surface area (Å²) in [6.07, 6.45) is 1.46. The predicted octanol–water partition coefficient (Wildman–Crippen LogP) is 3.99. The van der Waals surface area contributed by atoms with Gasteiger partial charge in [-0.1, -0.05) is 46.1 Å². The fourth-order valence-electron chi connectivity index (χ4n) is 2.55. The summed E-state index contributed by atoms with van der Waals surface area (Å²) in [6, 6.07) is 12.2. The van der Waals surface area contributed by atoms with Gasteiger partial charge in [0.1, 0.15) is 6.33 Å². The highest BCUT2D eigenvalue weighted by molar-refractivity contribution is 6.42. The molecule has 0 saturated heterocycles. The van der Waals surface area contributed by atoms with Crippen LogP contribution in [0.1, 0.15) is 5.56 Å². The van der Waals surface area contributed by atoms with E-state index in [4.69, 9.17) is 34.8 Å². The molecule has 0 aliphatic heterocycles. The standard InChI is InChI=1S/C17H10Cl3N5O/c18-11-2-4-12(5-3-11)25-16-15(22-23-25)17(26)24(9-21-16)8-10-1-6-13(19)14(20)7-10/h1-7,9H,8H2. The van der Waals surface area contributed by atoms with Gasteiger partial charge >= 0.3 is 0 Å². The number of hydrogen-bond acceptors (Lipinski definition) is 4. The van der Waals surface area contributed by atoms with E-state index in [1.807, 2.05) is 0 Å². The summed E-state index contributed by atoms with van der Waals surface area (Å²) < 4.78 is 2.94. The van der Waals surface area contributed by atoms with Crippen molar-refractivity contribution >= 4 is 46.0 Å². The van der Waals surface area contributed by atoms with Crippen molar-refractivity contribution < 1.29 is 0 Å². The van der Waals surface area contributed by atoms with E-state index in [0.717, 1.165) is 5.56 Å². The van der Waals surface area contributed by atoms with Gasteiger partial charge in [0.25, 0.3) is 5.56 Å². The van der Waals surface area contributed by atoms with Crippen LogP contribution < -0.4 is 5.56 Å². The highest BCUT2D eigenvalue weighted by atomic mass is 35.5. The molecule has 0 unspecified atom stereocenters. The first-order chi connectivity index (χ1) is 12.5. The Kier molecular flexibility index (Phi) is 4.40. The normalized spacial score (nSPS) is 11.2. The second-order valence-electron chi connectivity index (χ2n) is 5.58. The molecule has 26 heavy (non-hydrogen) atoms. The van der Waals surface area contributed by atoms with Gasteiger partial charge in [0.05, 0.1) is 22.3 Å². The third-order valence-corrected chi connectivity index (χ3v) is 4.83. The molecule has 2 heterocycles. The number of nitrogens with zero attached hydrogens (tertiary/aromatic N) is 5. The quantitative estimate of drug-likeness (QED) is 0.516. The van der Waals surface area contributed by atoms with Crippen molar-refractivity contribution in [3.05, 3.63) is 79.8 Å². The van der Waals surface area contributed by atoms with E-state index < -0.39 is 0 Å². The molecule has 0 spiro atoms. The summed E-state index contributed by atoms with van der Waals surface area (Å²) in [4.78, 5) is 17.1. The lowest BCUT2D eigenvalue weighted by molar-refractivity contribution is 0.745. The van der Waals surface area contributed by atoms with E-state index in [9.17, 15) is 4.79 Å². The largest absolute Gasteiger partial charge is 0.293 e. The van der Waals surface area contributed by atoms with Gasteiger partial charge in [-0.25, -0.2) is 4.98 Å². The lowest BCUT2D eigenvalue weighted by Crippen LogP contribution is -2.21. The van der Waals surface area contributed by atoms with Gasteiger partial charge in [-0.3, -0.25) is 9.36 Å². The number of halogens is 3. The van der Waals surface area contributed by atoms with E-state index in [0.29, 0.717) is 32.9 Å². The van der Waals surface area contributed by atoms with Crippen LogP contribution in [0.3, 0.4) is 0 Å². The number of hydrogen-bond donors (Lipinski definition) is 0. The summed E-state index contributed by atoms with van der Waals surface area (Å²) in [6.45, 7) is 0.298. The monoisotopic (exact) mass is 405 g/mol. The zero-order chi connectivity index (χ0) is 18.3. The summed E-state index contributed by atoms with van der Waals surface area (Å²) in [5.74, 6) is 0. The maximum atomic E-state index is 12.7. The second-order valence-corrected chi connectivity index (χ2v) is 6.83. The summed E-state index contributed by atoms with van der Waals surface area (Å²) in [7, 11) is 0. The Morgan fingerprint density at radius 3 is 2.46 bits per heavy atom. The molecule has 0 aliphatic rings. The highest BCUT2D eigenvalue weighted by Gasteiger charge is 2.13. The van der Waals surface area contributed by atoms with Gasteiger partial charge in [-0.05, 0) is 42.0 Å². The van der Waals surface area contributed by atoms with Crippen LogP contribution in [0.2, 0.25) is 15.1 Å². The van der Waals surface area contributed by atoms with Crippen LogP contribution in [0.25, 0.3) is 16.9 Å². The summed E-state index contributed by atoms with van der Waals surface area (Å²) >= 11 is 17.9. The van der Waals surface area contributed by atoms with Crippen LogP contribution in [0.4, 0.5) is 0 Å². The van der Waals surface area contributed by atoms with E-state index in [1.54, 1.807) is 42.5 Å². The molecule has 4 aromatic rings. The molecule has 2 aromatic heterocycles. The lowest BCUT2D eigenvalue weighted by Gasteiger charge is -2.07. The van der Waals surface area contributed by atoms with Crippen LogP contribution in [0, 0.1) is 0 Å². The summed E-state index contributed by atoms with van der Waals surface area (Å²) in [5, 5.41) is 9.52. The minimum atomic E-state index is -0.290. The minimum absolute atomic E-state index is 0.183. The molecule has 0 radical (unpaired) electrons. The molecule has 6 nitrogen and oxygen atoms in total. The van der Waals surface area contributed by atoms with Crippen molar-refractivity contribution in [2.45, 2.75) is 6.54 Å². The van der Waals surface area contributed by atoms with Crippen molar-refractivity contribution in [3.8, 4) is 5.69 Å². The SMILES string of the molecule is O=c1c2nnn(-c3ccc(Cl)cc3)c2ncn1Cc1ccc(Cl)c(Cl)c1. The Labute approximate surface area is 162 Å². The maximum absolute atomic E-state index is 12.7. The molecular weight excluding hydrogens is 397 g/mol. The Morgan fingerprint density at radius 1 is 0.962 bits per heavy atom. The molecular formula is C17H10Cl3N5O. The van der Waals surface area contributed by atoms with Gasteiger partial charge in [0.2, 0.25) is 0 Å². The average Bonchev–Trinajstić information content (AvgIpc) is 3.06. The highest BCUT2D eigenvalue weighted by Crippen LogP contribution is 2.23. The van der Waals surface area contributed by atoms with Crippen molar-refractivity contribution in [2.75, 3.05) is 0 Å². The van der Waals surface area contributed by atoms with Crippen molar-refractivity contribution in [1.29, 1.82) is 0 Å². The van der Waals surface area contributed by atoms with Gasteiger partial charge in [0, 0.05) is 5.02 Å². The lowest BCUT2D eigenvalue weighted by atomic mass is 10.2. The first-order valence-corrected chi connectivity index (χ1v) is 8.67. The van der Waals surface area contributed by atoms with E-state index in [-0.39, 0.29) is 11.1 Å². The van der Waals surface area contributed by atoms with Gasteiger partial charge < -0.3 is 0 Å². The topological polar surface area (TPSA) is 65.6 Å². The van der Waals surface area contributed by atoms with Crippen molar-refractivity contribution in [1.82, 2.24) is 24.5 Å². The fourth-order valence-corrected chi connectivity index (χ4v) is 2.99. The third-order valence-electron chi connectivity index (χ3n) is 3.84. The number of aromatic nitrogens is 5. The van der Waals surface area contributed by atoms with Crippen LogP contribution in [-0.4, -0.2) is 24.5 Å². The van der Waals surface area contributed by atoms with Gasteiger partial charge in [0.15, 0.2) is 11.2 Å². The zero-order valence-electron chi connectivity index (χ0n) is 13.1. The van der Waals surface area contributed by atoms with E-state index in [1.165, 1.54) is 15.6 Å². The van der Waals surface area contributed by atoms with Gasteiger partial charge in [-0.2, -0.15) is 4.68 Å². The maximum Gasteiger partial charge on any atom is 0.283 e. The van der Waals surface area contributed by atoms with Gasteiger partial charge in [-0.15, -0.1) is 5.10 Å². The number of rotatable bonds is 3. The second kappa shape index (κ2) is 6.72. The van der Waals surface area contributed by atoms with E-state index >= 15 is 0 Å². The molecule has 9 heteroatoms. The molecule has 130 valence electrons. The number of fused-ring (bicyclic) bond motifs is 1. The Bertz CT molecular complexity index is 1170. The Hall–Kier alpha value is -2.41.